The van der Waals surface area contributed by atoms with Gasteiger partial charge >= 0.3 is 5.97 Å². The second-order valence-electron chi connectivity index (χ2n) is 4.48. The minimum atomic E-state index is -0.367. The Morgan fingerprint density at radius 3 is 2.40 bits per heavy atom. The van der Waals surface area contributed by atoms with Crippen LogP contribution in [-0.2, 0) is 0 Å². The van der Waals surface area contributed by atoms with Gasteiger partial charge in [0.25, 0.3) is 0 Å². The average Bonchev–Trinajstić information content (AvgIpc) is 2.42. The third kappa shape index (κ3) is 3.30. The van der Waals surface area contributed by atoms with Gasteiger partial charge in [0.2, 0.25) is 0 Å². The minimum Gasteiger partial charge on any atom is -0.496 e. The van der Waals surface area contributed by atoms with E-state index < -0.39 is 0 Å². The van der Waals surface area contributed by atoms with E-state index in [4.69, 9.17) is 9.47 Å². The van der Waals surface area contributed by atoms with E-state index in [0.717, 1.165) is 14.9 Å². The molecule has 0 saturated heterocycles. The second-order valence-corrected chi connectivity index (χ2v) is 5.65. The maximum absolute atomic E-state index is 12.1. The molecule has 0 bridgehead atoms. The molecule has 104 valence electrons. The molecule has 4 heteroatoms. The van der Waals surface area contributed by atoms with Crippen molar-refractivity contribution in [3.63, 3.8) is 0 Å². The monoisotopic (exact) mass is 382 g/mol. The van der Waals surface area contributed by atoms with Gasteiger partial charge in [-0.15, -0.1) is 0 Å². The van der Waals surface area contributed by atoms with E-state index in [1.54, 1.807) is 31.4 Å². The van der Waals surface area contributed by atoms with Gasteiger partial charge in [0.15, 0.2) is 0 Å². The van der Waals surface area contributed by atoms with Crippen LogP contribution >= 0.6 is 22.6 Å². The maximum Gasteiger partial charge on any atom is 0.343 e. The number of methoxy groups -OCH3 is 1. The fourth-order valence-corrected chi connectivity index (χ4v) is 2.47. The molecule has 0 unspecified atom stereocenters. The first kappa shape index (κ1) is 14.8. The van der Waals surface area contributed by atoms with E-state index in [9.17, 15) is 4.79 Å². The van der Waals surface area contributed by atoms with Crippen molar-refractivity contribution >= 4 is 28.6 Å². The highest BCUT2D eigenvalue weighted by atomic mass is 127. The number of aryl methyl sites for hydroxylation is 2. The van der Waals surface area contributed by atoms with Gasteiger partial charge < -0.3 is 9.47 Å². The Morgan fingerprint density at radius 2 is 1.80 bits per heavy atom. The van der Waals surface area contributed by atoms with E-state index in [2.05, 4.69) is 22.6 Å². The zero-order chi connectivity index (χ0) is 14.7. The highest BCUT2D eigenvalue weighted by molar-refractivity contribution is 14.1. The number of carbonyl (C=O) groups is 1. The molecular weight excluding hydrogens is 367 g/mol. The molecule has 20 heavy (non-hydrogen) atoms. The van der Waals surface area contributed by atoms with Gasteiger partial charge in [-0.3, -0.25) is 0 Å². The van der Waals surface area contributed by atoms with Gasteiger partial charge in [0.05, 0.1) is 16.2 Å². The lowest BCUT2D eigenvalue weighted by Gasteiger charge is -2.08. The van der Waals surface area contributed by atoms with Crippen LogP contribution in [-0.4, -0.2) is 13.1 Å². The summed E-state index contributed by atoms with van der Waals surface area (Å²) in [7, 11) is 1.60. The second kappa shape index (κ2) is 6.26. The topological polar surface area (TPSA) is 35.5 Å². The smallest absolute Gasteiger partial charge is 0.343 e. The van der Waals surface area contributed by atoms with Crippen LogP contribution in [0.3, 0.4) is 0 Å². The molecule has 2 aromatic rings. The van der Waals surface area contributed by atoms with Crippen LogP contribution in [0.1, 0.15) is 21.5 Å². The summed E-state index contributed by atoms with van der Waals surface area (Å²) in [6.07, 6.45) is 0. The Balaban J connectivity index is 2.19. The number of hydrogen-bond acceptors (Lipinski definition) is 3. The fourth-order valence-electron chi connectivity index (χ4n) is 1.74. The lowest BCUT2D eigenvalue weighted by atomic mass is 10.1. The molecule has 0 aromatic heterocycles. The highest BCUT2D eigenvalue weighted by Crippen LogP contribution is 2.23. The molecule has 0 saturated carbocycles. The molecule has 0 spiro atoms. The largest absolute Gasteiger partial charge is 0.496 e. The standard InChI is InChI=1S/C16H15IO3/c1-10-4-6-13(8-11(10)2)20-16(18)12-5-7-15(19-3)14(17)9-12/h4-9H,1-3H3. The summed E-state index contributed by atoms with van der Waals surface area (Å²) in [4.78, 5) is 12.1. The predicted molar refractivity (Wildman–Crippen MR) is 86.6 cm³/mol. The number of rotatable bonds is 3. The van der Waals surface area contributed by atoms with Gasteiger partial charge in [-0.05, 0) is 77.9 Å². The number of ether oxygens (including phenoxy) is 2. The normalized spacial score (nSPS) is 10.2. The fraction of sp³-hybridized carbons (Fsp3) is 0.188. The summed E-state index contributed by atoms with van der Waals surface area (Å²) in [6.45, 7) is 4.01. The van der Waals surface area contributed by atoms with Crippen LogP contribution in [0.15, 0.2) is 36.4 Å². The number of benzene rings is 2. The van der Waals surface area contributed by atoms with E-state index in [1.807, 2.05) is 26.0 Å². The first-order chi connectivity index (χ1) is 9.51. The van der Waals surface area contributed by atoms with Crippen LogP contribution in [0.5, 0.6) is 11.5 Å². The van der Waals surface area contributed by atoms with E-state index in [1.165, 1.54) is 5.56 Å². The molecule has 0 aliphatic carbocycles. The summed E-state index contributed by atoms with van der Waals surface area (Å²) >= 11 is 2.13. The minimum absolute atomic E-state index is 0.367. The highest BCUT2D eigenvalue weighted by Gasteiger charge is 2.11. The number of hydrogen-bond donors (Lipinski definition) is 0. The molecule has 2 aromatic carbocycles. The molecule has 0 amide bonds. The summed E-state index contributed by atoms with van der Waals surface area (Å²) in [5, 5.41) is 0. The van der Waals surface area contributed by atoms with Crippen LogP contribution < -0.4 is 9.47 Å². The summed E-state index contributed by atoms with van der Waals surface area (Å²) in [5.41, 5.74) is 2.77. The third-order valence-corrected chi connectivity index (χ3v) is 3.92. The Labute approximate surface area is 132 Å². The van der Waals surface area contributed by atoms with Crippen LogP contribution in [0.4, 0.5) is 0 Å². The molecule has 0 radical (unpaired) electrons. The Morgan fingerprint density at radius 1 is 1.05 bits per heavy atom. The summed E-state index contributed by atoms with van der Waals surface area (Å²) in [6, 6.07) is 10.8. The van der Waals surface area contributed by atoms with Crippen LogP contribution in [0, 0.1) is 17.4 Å². The molecule has 0 aliphatic heterocycles. The van der Waals surface area contributed by atoms with E-state index in [-0.39, 0.29) is 5.97 Å². The SMILES string of the molecule is COc1ccc(C(=O)Oc2ccc(C)c(C)c2)cc1I. The molecule has 0 atom stereocenters. The average molecular weight is 382 g/mol. The number of halogens is 1. The van der Waals surface area contributed by atoms with Crippen molar-refractivity contribution in [1.29, 1.82) is 0 Å². The Bertz CT molecular complexity index is 650. The quantitative estimate of drug-likeness (QED) is 0.455. The molecule has 2 rings (SSSR count). The first-order valence-electron chi connectivity index (χ1n) is 6.14. The molecular formula is C16H15IO3. The van der Waals surface area contributed by atoms with Crippen molar-refractivity contribution in [3.05, 3.63) is 56.7 Å². The summed E-state index contributed by atoms with van der Waals surface area (Å²) < 4.78 is 11.4. The van der Waals surface area contributed by atoms with Gasteiger partial charge in [0.1, 0.15) is 11.5 Å². The van der Waals surface area contributed by atoms with Crippen molar-refractivity contribution in [3.8, 4) is 11.5 Å². The lowest BCUT2D eigenvalue weighted by Crippen LogP contribution is -2.09. The van der Waals surface area contributed by atoms with Crippen molar-refractivity contribution in [1.82, 2.24) is 0 Å². The van der Waals surface area contributed by atoms with Gasteiger partial charge in [-0.2, -0.15) is 0 Å². The first-order valence-corrected chi connectivity index (χ1v) is 7.22. The van der Waals surface area contributed by atoms with Crippen LogP contribution in [0.2, 0.25) is 0 Å². The zero-order valence-corrected chi connectivity index (χ0v) is 13.7. The number of esters is 1. The Hall–Kier alpha value is -1.56. The molecule has 0 heterocycles. The predicted octanol–water partition coefficient (Wildman–Crippen LogP) is 4.14. The van der Waals surface area contributed by atoms with Crippen molar-refractivity contribution in [2.75, 3.05) is 7.11 Å². The molecule has 3 nitrogen and oxygen atoms in total. The van der Waals surface area contributed by atoms with Gasteiger partial charge in [-0.25, -0.2) is 4.79 Å². The van der Waals surface area contributed by atoms with Crippen molar-refractivity contribution < 1.29 is 14.3 Å². The molecule has 0 fully saturated rings. The van der Waals surface area contributed by atoms with Crippen molar-refractivity contribution in [2.24, 2.45) is 0 Å². The van der Waals surface area contributed by atoms with E-state index in [0.29, 0.717) is 11.3 Å². The summed E-state index contributed by atoms with van der Waals surface area (Å²) in [5.74, 6) is 0.936. The molecule has 0 N–H and O–H groups in total. The van der Waals surface area contributed by atoms with Gasteiger partial charge in [-0.1, -0.05) is 6.07 Å². The lowest BCUT2D eigenvalue weighted by molar-refractivity contribution is 0.0734. The number of carbonyl (C=O) groups excluding carboxylic acids is 1. The third-order valence-electron chi connectivity index (χ3n) is 3.08. The molecule has 0 aliphatic rings. The maximum atomic E-state index is 12.1. The van der Waals surface area contributed by atoms with Crippen LogP contribution in [0.25, 0.3) is 0 Å². The Kier molecular flexibility index (Phi) is 4.65. The van der Waals surface area contributed by atoms with Crippen molar-refractivity contribution in [2.45, 2.75) is 13.8 Å². The van der Waals surface area contributed by atoms with Gasteiger partial charge in [0, 0.05) is 0 Å². The zero-order valence-electron chi connectivity index (χ0n) is 11.6. The van der Waals surface area contributed by atoms with E-state index >= 15 is 0 Å².